The number of pyridine rings is 1. The Bertz CT molecular complexity index is 1260. The first-order valence-electron chi connectivity index (χ1n) is 10.0. The van der Waals surface area contributed by atoms with E-state index in [2.05, 4.69) is 15.6 Å². The van der Waals surface area contributed by atoms with Gasteiger partial charge in [-0.2, -0.15) is 0 Å². The molecular weight excluding hydrogens is 465 g/mol. The van der Waals surface area contributed by atoms with Gasteiger partial charge in [0.15, 0.2) is 0 Å². The van der Waals surface area contributed by atoms with Gasteiger partial charge in [-0.1, -0.05) is 35.9 Å². The Morgan fingerprint density at radius 3 is 2.15 bits per heavy atom. The summed E-state index contributed by atoms with van der Waals surface area (Å²) in [6.07, 6.45) is -0.666. The molecule has 0 spiro atoms. The Morgan fingerprint density at radius 1 is 1.00 bits per heavy atom. The number of nitrogens with zero attached hydrogens (tertiary/aromatic N) is 1. The maximum atomic E-state index is 14.4. The first kappa shape index (κ1) is 24.7. The summed E-state index contributed by atoms with van der Waals surface area (Å²) in [6.45, 7) is 5.21. The van der Waals surface area contributed by atoms with Gasteiger partial charge in [0, 0.05) is 11.1 Å². The SMILES string of the molecule is CC(C)(C)OC(=O)Nc1ccccc1NC(=O)c1ccc(-c2nc(Cl)c(C(=O)O)cc2F)cc1. The number of rotatable bonds is 5. The van der Waals surface area contributed by atoms with Crippen LogP contribution in [0.2, 0.25) is 5.15 Å². The van der Waals surface area contributed by atoms with Crippen molar-refractivity contribution >= 4 is 40.9 Å². The van der Waals surface area contributed by atoms with Gasteiger partial charge in [-0.25, -0.2) is 19.0 Å². The number of benzene rings is 2. The van der Waals surface area contributed by atoms with E-state index in [1.165, 1.54) is 24.3 Å². The van der Waals surface area contributed by atoms with Crippen molar-refractivity contribution in [3.05, 3.63) is 76.7 Å². The fourth-order valence-electron chi connectivity index (χ4n) is 2.91. The minimum atomic E-state index is -1.39. The molecule has 3 aromatic rings. The number of nitrogens with one attached hydrogen (secondary N) is 2. The van der Waals surface area contributed by atoms with Crippen LogP contribution in [0.1, 0.15) is 41.5 Å². The molecule has 0 radical (unpaired) electrons. The summed E-state index contributed by atoms with van der Waals surface area (Å²) < 4.78 is 19.6. The number of anilines is 2. The van der Waals surface area contributed by atoms with Crippen LogP contribution in [0.3, 0.4) is 0 Å². The summed E-state index contributed by atoms with van der Waals surface area (Å²) >= 11 is 5.84. The molecule has 0 saturated heterocycles. The molecule has 0 aliphatic carbocycles. The van der Waals surface area contributed by atoms with Gasteiger partial charge in [0.2, 0.25) is 0 Å². The number of para-hydroxylation sites is 2. The number of amides is 2. The Morgan fingerprint density at radius 2 is 1.59 bits per heavy atom. The van der Waals surface area contributed by atoms with E-state index in [0.717, 1.165) is 6.07 Å². The lowest BCUT2D eigenvalue weighted by Gasteiger charge is -2.20. The van der Waals surface area contributed by atoms with Crippen LogP contribution in [0, 0.1) is 5.82 Å². The van der Waals surface area contributed by atoms with Gasteiger partial charge < -0.3 is 15.2 Å². The molecule has 10 heteroatoms. The molecule has 0 atom stereocenters. The molecule has 8 nitrogen and oxygen atoms in total. The van der Waals surface area contributed by atoms with Crippen LogP contribution in [0.25, 0.3) is 11.3 Å². The smallest absolute Gasteiger partial charge is 0.412 e. The van der Waals surface area contributed by atoms with Crippen molar-refractivity contribution < 1.29 is 28.6 Å². The van der Waals surface area contributed by atoms with E-state index in [0.29, 0.717) is 16.9 Å². The Balaban J connectivity index is 1.77. The molecule has 1 aromatic heterocycles. The minimum Gasteiger partial charge on any atom is -0.478 e. The lowest BCUT2D eigenvalue weighted by molar-refractivity contribution is 0.0633. The molecule has 0 aliphatic rings. The fraction of sp³-hybridized carbons (Fsp3) is 0.167. The predicted octanol–water partition coefficient (Wildman–Crippen LogP) is 5.84. The minimum absolute atomic E-state index is 0.145. The number of carboxylic acid groups (broad SMARTS) is 1. The third-order valence-corrected chi connectivity index (χ3v) is 4.68. The molecule has 0 unspecified atom stereocenters. The van der Waals surface area contributed by atoms with E-state index >= 15 is 0 Å². The van der Waals surface area contributed by atoms with E-state index in [4.69, 9.17) is 21.4 Å². The monoisotopic (exact) mass is 485 g/mol. The molecule has 1 heterocycles. The van der Waals surface area contributed by atoms with Gasteiger partial charge >= 0.3 is 12.1 Å². The Hall–Kier alpha value is -3.98. The first-order chi connectivity index (χ1) is 15.9. The second-order valence-electron chi connectivity index (χ2n) is 8.17. The van der Waals surface area contributed by atoms with Crippen LogP contribution in [0.15, 0.2) is 54.6 Å². The first-order valence-corrected chi connectivity index (χ1v) is 10.4. The van der Waals surface area contributed by atoms with Crippen molar-refractivity contribution in [2.75, 3.05) is 10.6 Å². The van der Waals surface area contributed by atoms with Gasteiger partial charge in [-0.15, -0.1) is 0 Å². The summed E-state index contributed by atoms with van der Waals surface area (Å²) in [4.78, 5) is 39.7. The predicted molar refractivity (Wildman–Crippen MR) is 126 cm³/mol. The third-order valence-electron chi connectivity index (χ3n) is 4.39. The molecule has 176 valence electrons. The fourth-order valence-corrected chi connectivity index (χ4v) is 3.13. The molecule has 0 bridgehead atoms. The molecule has 2 aromatic carbocycles. The lowest BCUT2D eigenvalue weighted by atomic mass is 10.1. The second-order valence-corrected chi connectivity index (χ2v) is 8.52. The molecule has 34 heavy (non-hydrogen) atoms. The number of hydrogen-bond donors (Lipinski definition) is 3. The number of hydrogen-bond acceptors (Lipinski definition) is 5. The van der Waals surface area contributed by atoms with Crippen molar-refractivity contribution in [1.29, 1.82) is 0 Å². The second kappa shape index (κ2) is 9.88. The van der Waals surface area contributed by atoms with Crippen molar-refractivity contribution in [3.8, 4) is 11.3 Å². The number of carbonyl (C=O) groups is 3. The zero-order chi connectivity index (χ0) is 25.0. The van der Waals surface area contributed by atoms with Crippen LogP contribution in [0.4, 0.5) is 20.6 Å². The largest absolute Gasteiger partial charge is 0.478 e. The van der Waals surface area contributed by atoms with Crippen LogP contribution < -0.4 is 10.6 Å². The molecular formula is C24H21ClFN3O5. The van der Waals surface area contributed by atoms with Gasteiger partial charge in [0.1, 0.15) is 22.3 Å². The van der Waals surface area contributed by atoms with Gasteiger partial charge in [-0.3, -0.25) is 10.1 Å². The quantitative estimate of drug-likeness (QED) is 0.391. The van der Waals surface area contributed by atoms with Crippen molar-refractivity contribution in [2.45, 2.75) is 26.4 Å². The number of carboxylic acids is 1. The van der Waals surface area contributed by atoms with Gasteiger partial charge in [-0.05, 0) is 51.1 Å². The number of carbonyl (C=O) groups excluding carboxylic acids is 2. The zero-order valence-corrected chi connectivity index (χ0v) is 19.2. The average Bonchev–Trinajstić information content (AvgIpc) is 2.75. The maximum Gasteiger partial charge on any atom is 0.412 e. The number of aromatic carboxylic acids is 1. The van der Waals surface area contributed by atoms with E-state index in [1.54, 1.807) is 45.0 Å². The lowest BCUT2D eigenvalue weighted by Crippen LogP contribution is -2.27. The number of halogens is 2. The standard InChI is InChI=1S/C24H21ClFN3O5/c1-24(2,3)34-23(33)28-18-7-5-4-6-17(18)27-21(30)14-10-8-13(9-11-14)19-16(26)12-15(22(31)32)20(25)29-19/h4-12H,1-3H3,(H,27,30)(H,28,33)(H,31,32). The Labute approximate surface area is 199 Å². The normalized spacial score (nSPS) is 11.0. The highest BCUT2D eigenvalue weighted by Gasteiger charge is 2.19. The highest BCUT2D eigenvalue weighted by atomic mass is 35.5. The number of ether oxygens (including phenoxy) is 1. The topological polar surface area (TPSA) is 118 Å². The summed E-state index contributed by atoms with van der Waals surface area (Å²) in [5.74, 6) is -2.73. The highest BCUT2D eigenvalue weighted by molar-refractivity contribution is 6.32. The van der Waals surface area contributed by atoms with E-state index in [9.17, 15) is 18.8 Å². The molecule has 3 rings (SSSR count). The molecule has 0 aliphatic heterocycles. The zero-order valence-electron chi connectivity index (χ0n) is 18.5. The van der Waals surface area contributed by atoms with Crippen LogP contribution in [-0.2, 0) is 4.74 Å². The van der Waals surface area contributed by atoms with Gasteiger partial charge in [0.05, 0.1) is 16.9 Å². The summed E-state index contributed by atoms with van der Waals surface area (Å²) in [7, 11) is 0. The summed E-state index contributed by atoms with van der Waals surface area (Å²) in [5.41, 5.74) is -0.0144. The molecule has 2 amide bonds. The summed E-state index contributed by atoms with van der Waals surface area (Å²) in [6, 6.07) is 13.2. The highest BCUT2D eigenvalue weighted by Crippen LogP contribution is 2.27. The van der Waals surface area contributed by atoms with Crippen molar-refractivity contribution in [3.63, 3.8) is 0 Å². The third kappa shape index (κ3) is 6.08. The van der Waals surface area contributed by atoms with E-state index in [-0.39, 0.29) is 16.4 Å². The maximum absolute atomic E-state index is 14.4. The van der Waals surface area contributed by atoms with Crippen molar-refractivity contribution in [2.24, 2.45) is 0 Å². The molecule has 0 fully saturated rings. The number of aromatic nitrogens is 1. The molecule has 0 saturated carbocycles. The average molecular weight is 486 g/mol. The van der Waals surface area contributed by atoms with Crippen LogP contribution >= 0.6 is 11.6 Å². The van der Waals surface area contributed by atoms with Crippen LogP contribution in [-0.4, -0.2) is 33.7 Å². The van der Waals surface area contributed by atoms with Crippen molar-refractivity contribution in [1.82, 2.24) is 4.98 Å². The Kier molecular flexibility index (Phi) is 7.17. The van der Waals surface area contributed by atoms with E-state index < -0.39 is 35.0 Å². The summed E-state index contributed by atoms with van der Waals surface area (Å²) in [5, 5.41) is 14.0. The van der Waals surface area contributed by atoms with Crippen LogP contribution in [0.5, 0.6) is 0 Å². The van der Waals surface area contributed by atoms with E-state index in [1.807, 2.05) is 0 Å². The van der Waals surface area contributed by atoms with Gasteiger partial charge in [0.25, 0.3) is 5.91 Å². The molecule has 3 N–H and O–H groups in total.